The van der Waals surface area contributed by atoms with Crippen LogP contribution in [0.15, 0.2) is 11.8 Å². The first-order valence-corrected chi connectivity index (χ1v) is 6.96. The summed E-state index contributed by atoms with van der Waals surface area (Å²) in [6.45, 7) is 10.0. The summed E-state index contributed by atoms with van der Waals surface area (Å²) in [4.78, 5) is 14.2. The van der Waals surface area contributed by atoms with E-state index in [9.17, 15) is 10.1 Å². The predicted octanol–water partition coefficient (Wildman–Crippen LogP) is 2.57. The molecule has 1 amide bonds. The SMILES string of the molecule is CC1CCCC(C)N1/C=C(/C#N)C(=O)NC(C)(C)C. The maximum absolute atomic E-state index is 12.0. The average Bonchev–Trinajstić information content (AvgIpc) is 2.26. The highest BCUT2D eigenvalue weighted by Gasteiger charge is 2.24. The zero-order chi connectivity index (χ0) is 14.6. The highest BCUT2D eigenvalue weighted by molar-refractivity contribution is 5.97. The van der Waals surface area contributed by atoms with Crippen molar-refractivity contribution in [2.45, 2.75) is 71.5 Å². The normalized spacial score (nSPS) is 24.8. The largest absolute Gasteiger partial charge is 0.371 e. The number of nitrogens with zero attached hydrogens (tertiary/aromatic N) is 2. The molecule has 0 aliphatic carbocycles. The predicted molar refractivity (Wildman–Crippen MR) is 76.2 cm³/mol. The van der Waals surface area contributed by atoms with Crippen LogP contribution in [0.5, 0.6) is 0 Å². The highest BCUT2D eigenvalue weighted by atomic mass is 16.1. The second-order valence-corrected chi connectivity index (χ2v) is 6.43. The molecule has 1 aliphatic heterocycles. The van der Waals surface area contributed by atoms with Gasteiger partial charge in [-0.3, -0.25) is 4.79 Å². The van der Waals surface area contributed by atoms with Crippen molar-refractivity contribution in [2.24, 2.45) is 0 Å². The van der Waals surface area contributed by atoms with E-state index in [2.05, 4.69) is 24.1 Å². The van der Waals surface area contributed by atoms with Gasteiger partial charge in [-0.2, -0.15) is 5.26 Å². The van der Waals surface area contributed by atoms with Gasteiger partial charge in [-0.15, -0.1) is 0 Å². The Hall–Kier alpha value is -1.50. The number of piperidine rings is 1. The van der Waals surface area contributed by atoms with E-state index < -0.39 is 0 Å². The Balaban J connectivity index is 2.86. The summed E-state index contributed by atoms with van der Waals surface area (Å²) < 4.78 is 0. The topological polar surface area (TPSA) is 56.1 Å². The molecule has 1 saturated heterocycles. The Morgan fingerprint density at radius 3 is 2.26 bits per heavy atom. The van der Waals surface area contributed by atoms with E-state index >= 15 is 0 Å². The van der Waals surface area contributed by atoms with Gasteiger partial charge in [0.2, 0.25) is 0 Å². The van der Waals surface area contributed by atoms with E-state index in [4.69, 9.17) is 0 Å². The summed E-state index contributed by atoms with van der Waals surface area (Å²) in [6, 6.07) is 2.79. The molecule has 2 atom stereocenters. The van der Waals surface area contributed by atoms with Crippen molar-refractivity contribution in [3.8, 4) is 6.07 Å². The fourth-order valence-corrected chi connectivity index (χ4v) is 2.39. The molecule has 4 heteroatoms. The summed E-state index contributed by atoms with van der Waals surface area (Å²) in [7, 11) is 0. The van der Waals surface area contributed by atoms with Crippen LogP contribution < -0.4 is 5.32 Å². The van der Waals surface area contributed by atoms with Crippen molar-refractivity contribution in [1.29, 1.82) is 5.26 Å². The second-order valence-electron chi connectivity index (χ2n) is 6.43. The first-order chi connectivity index (χ1) is 8.74. The van der Waals surface area contributed by atoms with Gasteiger partial charge in [0.05, 0.1) is 0 Å². The number of amides is 1. The molecule has 1 N–H and O–H groups in total. The Kier molecular flexibility index (Phi) is 4.99. The third-order valence-corrected chi connectivity index (χ3v) is 3.39. The number of hydrogen-bond acceptors (Lipinski definition) is 3. The highest BCUT2D eigenvalue weighted by Crippen LogP contribution is 2.23. The number of nitriles is 1. The molecular formula is C15H25N3O. The first-order valence-electron chi connectivity index (χ1n) is 6.96. The molecule has 1 heterocycles. The molecule has 19 heavy (non-hydrogen) atoms. The van der Waals surface area contributed by atoms with Crippen molar-refractivity contribution < 1.29 is 4.79 Å². The van der Waals surface area contributed by atoms with Crippen LogP contribution in [0.2, 0.25) is 0 Å². The lowest BCUT2D eigenvalue weighted by Gasteiger charge is -2.38. The van der Waals surface area contributed by atoms with Gasteiger partial charge in [-0.05, 0) is 53.9 Å². The van der Waals surface area contributed by atoms with Gasteiger partial charge in [-0.25, -0.2) is 0 Å². The van der Waals surface area contributed by atoms with E-state index in [1.54, 1.807) is 6.20 Å². The van der Waals surface area contributed by atoms with Gasteiger partial charge in [0, 0.05) is 23.8 Å². The minimum atomic E-state index is -0.327. The van der Waals surface area contributed by atoms with E-state index in [0.29, 0.717) is 12.1 Å². The number of hydrogen-bond donors (Lipinski definition) is 1. The minimum Gasteiger partial charge on any atom is -0.371 e. The van der Waals surface area contributed by atoms with Crippen molar-refractivity contribution in [3.63, 3.8) is 0 Å². The standard InChI is InChI=1S/C15H25N3O/c1-11-7-6-8-12(2)18(11)10-13(9-16)14(19)17-15(3,4)5/h10-12H,6-8H2,1-5H3,(H,17,19)/b13-10-. The lowest BCUT2D eigenvalue weighted by molar-refractivity contribution is -0.118. The lowest BCUT2D eigenvalue weighted by Crippen LogP contribution is -2.43. The van der Waals surface area contributed by atoms with Crippen LogP contribution in [0.25, 0.3) is 0 Å². The van der Waals surface area contributed by atoms with Crippen LogP contribution in [-0.2, 0) is 4.79 Å². The third kappa shape index (κ3) is 4.59. The maximum atomic E-state index is 12.0. The average molecular weight is 263 g/mol. The van der Waals surface area contributed by atoms with Crippen molar-refractivity contribution in [2.75, 3.05) is 0 Å². The molecule has 0 radical (unpaired) electrons. The fraction of sp³-hybridized carbons (Fsp3) is 0.733. The molecule has 0 aromatic rings. The molecule has 1 rings (SSSR count). The Morgan fingerprint density at radius 2 is 1.84 bits per heavy atom. The molecule has 0 aromatic carbocycles. The molecule has 106 valence electrons. The van der Waals surface area contributed by atoms with E-state index in [0.717, 1.165) is 12.8 Å². The summed E-state index contributed by atoms with van der Waals surface area (Å²) in [5, 5.41) is 12.0. The number of carbonyl (C=O) groups is 1. The maximum Gasteiger partial charge on any atom is 0.263 e. The van der Waals surface area contributed by atoms with Crippen LogP contribution in [-0.4, -0.2) is 28.4 Å². The molecule has 0 bridgehead atoms. The van der Waals surface area contributed by atoms with E-state index in [-0.39, 0.29) is 17.0 Å². The second kappa shape index (κ2) is 6.10. The van der Waals surface area contributed by atoms with Crippen molar-refractivity contribution in [3.05, 3.63) is 11.8 Å². The summed E-state index contributed by atoms with van der Waals surface area (Å²) >= 11 is 0. The molecule has 4 nitrogen and oxygen atoms in total. The first kappa shape index (κ1) is 15.6. The zero-order valence-electron chi connectivity index (χ0n) is 12.7. The molecule has 2 unspecified atom stereocenters. The van der Waals surface area contributed by atoms with Crippen LogP contribution >= 0.6 is 0 Å². The molecule has 0 aromatic heterocycles. The molecule has 1 aliphatic rings. The van der Waals surface area contributed by atoms with Gasteiger partial charge in [0.1, 0.15) is 11.6 Å². The summed E-state index contributed by atoms with van der Waals surface area (Å²) in [6.07, 6.45) is 5.17. The zero-order valence-corrected chi connectivity index (χ0v) is 12.7. The van der Waals surface area contributed by atoms with Gasteiger partial charge < -0.3 is 10.2 Å². The van der Waals surface area contributed by atoms with Gasteiger partial charge in [0.15, 0.2) is 0 Å². The van der Waals surface area contributed by atoms with Crippen LogP contribution in [0.1, 0.15) is 53.9 Å². The Morgan fingerprint density at radius 1 is 1.32 bits per heavy atom. The van der Waals surface area contributed by atoms with Crippen LogP contribution in [0.4, 0.5) is 0 Å². The summed E-state index contributed by atoms with van der Waals surface area (Å²) in [5.74, 6) is -0.292. The minimum absolute atomic E-state index is 0.190. The number of likely N-dealkylation sites (tertiary alicyclic amines) is 1. The monoisotopic (exact) mass is 263 g/mol. The Bertz CT molecular complexity index is 391. The fourth-order valence-electron chi connectivity index (χ4n) is 2.39. The third-order valence-electron chi connectivity index (χ3n) is 3.39. The van der Waals surface area contributed by atoms with Gasteiger partial charge in [0.25, 0.3) is 5.91 Å². The number of rotatable bonds is 2. The Labute approximate surface area is 116 Å². The molecule has 1 fully saturated rings. The quantitative estimate of drug-likeness (QED) is 0.615. The molecular weight excluding hydrogens is 238 g/mol. The van der Waals surface area contributed by atoms with Gasteiger partial charge in [-0.1, -0.05) is 0 Å². The van der Waals surface area contributed by atoms with E-state index in [1.165, 1.54) is 6.42 Å². The van der Waals surface area contributed by atoms with Crippen LogP contribution in [0, 0.1) is 11.3 Å². The lowest BCUT2D eigenvalue weighted by atomic mass is 9.98. The number of nitrogens with one attached hydrogen (secondary N) is 1. The number of carbonyl (C=O) groups excluding carboxylic acids is 1. The van der Waals surface area contributed by atoms with Crippen LogP contribution in [0.3, 0.4) is 0 Å². The summed E-state index contributed by atoms with van der Waals surface area (Å²) in [5.41, 5.74) is -0.137. The van der Waals surface area contributed by atoms with E-state index in [1.807, 2.05) is 26.8 Å². The van der Waals surface area contributed by atoms with Gasteiger partial charge >= 0.3 is 0 Å². The van der Waals surface area contributed by atoms with Crippen molar-refractivity contribution >= 4 is 5.91 Å². The smallest absolute Gasteiger partial charge is 0.263 e. The molecule has 0 saturated carbocycles. The van der Waals surface area contributed by atoms with Crippen molar-refractivity contribution in [1.82, 2.24) is 10.2 Å². The molecule has 0 spiro atoms.